The summed E-state index contributed by atoms with van der Waals surface area (Å²) in [6, 6.07) is 8.86. The van der Waals surface area contributed by atoms with Crippen LogP contribution in [0.1, 0.15) is 15.4 Å². The van der Waals surface area contributed by atoms with E-state index in [9.17, 15) is 4.79 Å². The molecule has 3 rings (SSSR count). The van der Waals surface area contributed by atoms with Crippen LogP contribution in [0.5, 0.6) is 11.5 Å². The van der Waals surface area contributed by atoms with E-state index in [-0.39, 0.29) is 10.9 Å². The van der Waals surface area contributed by atoms with Gasteiger partial charge in [0.15, 0.2) is 11.5 Å². The van der Waals surface area contributed by atoms with Gasteiger partial charge in [0.2, 0.25) is 0 Å². The van der Waals surface area contributed by atoms with Gasteiger partial charge in [-0.15, -0.1) is 11.3 Å². The predicted molar refractivity (Wildman–Crippen MR) is 96.9 cm³/mol. The summed E-state index contributed by atoms with van der Waals surface area (Å²) in [5.74, 6) is 0.475. The lowest BCUT2D eigenvalue weighted by molar-refractivity contribution is 0.102. The number of aryl methyl sites for hydroxylation is 1. The Labute approximate surface area is 148 Å². The van der Waals surface area contributed by atoms with E-state index < -0.39 is 0 Å². The first-order valence-electron chi connectivity index (χ1n) is 7.12. The van der Waals surface area contributed by atoms with Gasteiger partial charge in [-0.25, -0.2) is 4.98 Å². The molecule has 7 heteroatoms. The van der Waals surface area contributed by atoms with Gasteiger partial charge in [0, 0.05) is 5.69 Å². The SMILES string of the molecule is COc1ccc(C(=O)Nc2ccc3sc(C)nc3c2)c(Cl)c1OC. The van der Waals surface area contributed by atoms with Crippen LogP contribution in [-0.2, 0) is 0 Å². The Morgan fingerprint density at radius 3 is 2.71 bits per heavy atom. The van der Waals surface area contributed by atoms with Crippen LogP contribution in [0.25, 0.3) is 10.2 Å². The first-order chi connectivity index (χ1) is 11.5. The summed E-state index contributed by atoms with van der Waals surface area (Å²) in [7, 11) is 2.99. The van der Waals surface area contributed by atoms with Crippen molar-refractivity contribution in [3.63, 3.8) is 0 Å². The molecule has 24 heavy (non-hydrogen) atoms. The zero-order chi connectivity index (χ0) is 17.3. The average Bonchev–Trinajstić information content (AvgIpc) is 2.93. The molecule has 0 atom stereocenters. The summed E-state index contributed by atoms with van der Waals surface area (Å²) < 4.78 is 11.5. The number of amides is 1. The van der Waals surface area contributed by atoms with Gasteiger partial charge in [0.1, 0.15) is 0 Å². The van der Waals surface area contributed by atoms with Gasteiger partial charge in [0.05, 0.1) is 40.0 Å². The number of anilines is 1. The monoisotopic (exact) mass is 362 g/mol. The van der Waals surface area contributed by atoms with Crippen molar-refractivity contribution in [2.75, 3.05) is 19.5 Å². The molecular formula is C17H15ClN2O3S. The molecule has 1 heterocycles. The Balaban J connectivity index is 1.91. The summed E-state index contributed by atoms with van der Waals surface area (Å²) in [6.45, 7) is 1.95. The summed E-state index contributed by atoms with van der Waals surface area (Å²) in [5.41, 5.74) is 1.82. The summed E-state index contributed by atoms with van der Waals surface area (Å²) in [5, 5.41) is 4.03. The van der Waals surface area contributed by atoms with Gasteiger partial charge < -0.3 is 14.8 Å². The van der Waals surface area contributed by atoms with Crippen LogP contribution >= 0.6 is 22.9 Å². The molecule has 0 aliphatic rings. The van der Waals surface area contributed by atoms with Crippen molar-refractivity contribution in [1.29, 1.82) is 0 Å². The zero-order valence-corrected chi connectivity index (χ0v) is 14.9. The minimum atomic E-state index is -0.327. The number of nitrogens with zero attached hydrogens (tertiary/aromatic N) is 1. The van der Waals surface area contributed by atoms with E-state index >= 15 is 0 Å². The molecule has 2 aromatic carbocycles. The maximum atomic E-state index is 12.5. The highest BCUT2D eigenvalue weighted by atomic mass is 35.5. The van der Waals surface area contributed by atoms with Crippen molar-refractivity contribution in [1.82, 2.24) is 4.98 Å². The van der Waals surface area contributed by atoms with Crippen molar-refractivity contribution in [3.8, 4) is 11.5 Å². The Morgan fingerprint density at radius 2 is 2.00 bits per heavy atom. The number of nitrogens with one attached hydrogen (secondary N) is 1. The van der Waals surface area contributed by atoms with Gasteiger partial charge in [-0.05, 0) is 37.3 Å². The Kier molecular flexibility index (Phi) is 4.59. The Bertz CT molecular complexity index is 924. The largest absolute Gasteiger partial charge is 0.493 e. The molecule has 5 nitrogen and oxygen atoms in total. The van der Waals surface area contributed by atoms with Gasteiger partial charge in [0.25, 0.3) is 5.91 Å². The van der Waals surface area contributed by atoms with Gasteiger partial charge in [-0.2, -0.15) is 0 Å². The minimum Gasteiger partial charge on any atom is -0.493 e. The Morgan fingerprint density at radius 1 is 1.21 bits per heavy atom. The number of aromatic nitrogens is 1. The first kappa shape index (κ1) is 16.5. The maximum Gasteiger partial charge on any atom is 0.257 e. The minimum absolute atomic E-state index is 0.208. The lowest BCUT2D eigenvalue weighted by atomic mass is 10.1. The van der Waals surface area contributed by atoms with Crippen molar-refractivity contribution >= 4 is 44.7 Å². The van der Waals surface area contributed by atoms with Crippen molar-refractivity contribution in [2.24, 2.45) is 0 Å². The molecule has 0 saturated heterocycles. The second-order valence-electron chi connectivity index (χ2n) is 5.03. The molecule has 0 aliphatic carbocycles. The summed E-state index contributed by atoms with van der Waals surface area (Å²) >= 11 is 7.89. The van der Waals surface area contributed by atoms with Crippen LogP contribution in [0, 0.1) is 6.92 Å². The van der Waals surface area contributed by atoms with E-state index in [1.807, 2.05) is 25.1 Å². The third-order valence-electron chi connectivity index (χ3n) is 3.48. The normalized spacial score (nSPS) is 10.7. The van der Waals surface area contributed by atoms with E-state index in [0.717, 1.165) is 15.2 Å². The second kappa shape index (κ2) is 6.67. The highest BCUT2D eigenvalue weighted by Crippen LogP contribution is 2.37. The number of hydrogen-bond donors (Lipinski definition) is 1. The summed E-state index contributed by atoms with van der Waals surface area (Å²) in [4.78, 5) is 17.0. The molecule has 1 amide bonds. The van der Waals surface area contributed by atoms with E-state index in [2.05, 4.69) is 10.3 Å². The first-order valence-corrected chi connectivity index (χ1v) is 8.32. The number of ether oxygens (including phenoxy) is 2. The predicted octanol–water partition coefficient (Wildman–Crippen LogP) is 4.53. The fourth-order valence-electron chi connectivity index (χ4n) is 2.38. The standard InChI is InChI=1S/C17H15ClN2O3S/c1-9-19-12-8-10(4-7-14(12)24-9)20-17(21)11-5-6-13(22-2)16(23-3)15(11)18/h4-8H,1-3H3,(H,20,21). The number of carbonyl (C=O) groups is 1. The van der Waals surface area contributed by atoms with Crippen molar-refractivity contribution in [2.45, 2.75) is 6.92 Å². The van der Waals surface area contributed by atoms with Crippen LogP contribution in [0.2, 0.25) is 5.02 Å². The zero-order valence-electron chi connectivity index (χ0n) is 13.3. The van der Waals surface area contributed by atoms with Crippen LogP contribution < -0.4 is 14.8 Å². The molecule has 124 valence electrons. The molecule has 0 radical (unpaired) electrons. The quantitative estimate of drug-likeness (QED) is 0.740. The van der Waals surface area contributed by atoms with Crippen LogP contribution in [0.3, 0.4) is 0 Å². The van der Waals surface area contributed by atoms with Crippen molar-refractivity contribution in [3.05, 3.63) is 45.9 Å². The molecule has 3 aromatic rings. The number of hydrogen-bond acceptors (Lipinski definition) is 5. The molecule has 0 fully saturated rings. The molecule has 0 aliphatic heterocycles. The molecular weight excluding hydrogens is 348 g/mol. The number of carbonyl (C=O) groups excluding carboxylic acids is 1. The van der Waals surface area contributed by atoms with Crippen LogP contribution in [0.4, 0.5) is 5.69 Å². The van der Waals surface area contributed by atoms with Gasteiger partial charge in [-0.1, -0.05) is 11.6 Å². The second-order valence-corrected chi connectivity index (χ2v) is 6.64. The van der Waals surface area contributed by atoms with Crippen molar-refractivity contribution < 1.29 is 14.3 Å². The van der Waals surface area contributed by atoms with Gasteiger partial charge in [-0.3, -0.25) is 4.79 Å². The van der Waals surface area contributed by atoms with Crippen LogP contribution in [-0.4, -0.2) is 25.1 Å². The van der Waals surface area contributed by atoms with Crippen LogP contribution in [0.15, 0.2) is 30.3 Å². The number of halogens is 1. The van der Waals surface area contributed by atoms with E-state index in [1.54, 1.807) is 23.5 Å². The molecule has 0 unspecified atom stereocenters. The van der Waals surface area contributed by atoms with E-state index in [4.69, 9.17) is 21.1 Å². The van der Waals surface area contributed by atoms with E-state index in [0.29, 0.717) is 22.7 Å². The fourth-order valence-corrected chi connectivity index (χ4v) is 3.51. The average molecular weight is 363 g/mol. The fraction of sp³-hybridized carbons (Fsp3) is 0.176. The molecule has 1 N–H and O–H groups in total. The third-order valence-corrected chi connectivity index (χ3v) is 4.81. The van der Waals surface area contributed by atoms with E-state index in [1.165, 1.54) is 14.2 Å². The topological polar surface area (TPSA) is 60.5 Å². The molecule has 1 aromatic heterocycles. The lowest BCUT2D eigenvalue weighted by Crippen LogP contribution is -2.13. The molecule has 0 spiro atoms. The molecule has 0 bridgehead atoms. The highest BCUT2D eigenvalue weighted by Gasteiger charge is 2.18. The maximum absolute atomic E-state index is 12.5. The number of rotatable bonds is 4. The highest BCUT2D eigenvalue weighted by molar-refractivity contribution is 7.18. The molecule has 0 saturated carbocycles. The smallest absolute Gasteiger partial charge is 0.257 e. The number of methoxy groups -OCH3 is 2. The third kappa shape index (κ3) is 3.02. The number of thiazole rings is 1. The summed E-state index contributed by atoms with van der Waals surface area (Å²) in [6.07, 6.45) is 0. The number of fused-ring (bicyclic) bond motifs is 1. The van der Waals surface area contributed by atoms with Gasteiger partial charge >= 0.3 is 0 Å². The lowest BCUT2D eigenvalue weighted by Gasteiger charge is -2.12. The number of benzene rings is 2. The Hall–Kier alpha value is -2.31.